The first-order chi connectivity index (χ1) is 10.2. The van der Waals surface area contributed by atoms with Crippen LogP contribution in [0.4, 0.5) is 0 Å². The molecular weight excluding hydrogens is 290 g/mol. The largest absolute Gasteiger partial charge is 0.465 e. The van der Waals surface area contributed by atoms with Crippen LogP contribution < -0.4 is 0 Å². The molecule has 0 saturated heterocycles. The van der Waals surface area contributed by atoms with E-state index < -0.39 is 0 Å². The molecule has 2 rings (SSSR count). The first kappa shape index (κ1) is 15.5. The zero-order valence-electron chi connectivity index (χ0n) is 11.8. The van der Waals surface area contributed by atoms with Gasteiger partial charge >= 0.3 is 5.97 Å². The number of aliphatic hydroxyl groups is 1. The highest BCUT2D eigenvalue weighted by Gasteiger charge is 2.35. The fourth-order valence-electron chi connectivity index (χ4n) is 1.89. The molecule has 1 aromatic rings. The van der Waals surface area contributed by atoms with E-state index in [2.05, 4.69) is 11.8 Å². The zero-order valence-corrected chi connectivity index (χ0v) is 12.6. The number of carbonyl (C=O) groups is 2. The molecule has 0 unspecified atom stereocenters. The topological polar surface area (TPSA) is 66.8 Å². The molecule has 21 heavy (non-hydrogen) atoms. The van der Waals surface area contributed by atoms with E-state index in [0.29, 0.717) is 11.5 Å². The normalized spacial score (nSPS) is 13.2. The maximum atomic E-state index is 12.5. The lowest BCUT2D eigenvalue weighted by Gasteiger charge is -2.20. The van der Waals surface area contributed by atoms with Gasteiger partial charge in [0.15, 0.2) is 0 Å². The van der Waals surface area contributed by atoms with E-state index in [4.69, 9.17) is 9.84 Å². The Morgan fingerprint density at radius 2 is 2.24 bits per heavy atom. The Bertz CT molecular complexity index is 580. The van der Waals surface area contributed by atoms with Crippen molar-refractivity contribution in [3.63, 3.8) is 0 Å². The number of rotatable bonds is 5. The minimum Gasteiger partial charge on any atom is -0.465 e. The maximum absolute atomic E-state index is 12.5. The molecule has 1 fully saturated rings. The number of thiophene rings is 1. The van der Waals surface area contributed by atoms with E-state index >= 15 is 0 Å². The molecule has 1 heterocycles. The van der Waals surface area contributed by atoms with Crippen LogP contribution in [-0.4, -0.2) is 47.7 Å². The molecule has 1 aromatic heterocycles. The van der Waals surface area contributed by atoms with Gasteiger partial charge in [0, 0.05) is 6.04 Å². The summed E-state index contributed by atoms with van der Waals surface area (Å²) in [5.41, 5.74) is 0. The van der Waals surface area contributed by atoms with E-state index in [1.165, 1.54) is 11.3 Å². The second kappa shape index (κ2) is 7.25. The zero-order chi connectivity index (χ0) is 15.2. The van der Waals surface area contributed by atoms with Crippen molar-refractivity contribution in [1.29, 1.82) is 0 Å². The lowest BCUT2D eigenvalue weighted by Crippen LogP contribution is -2.37. The van der Waals surface area contributed by atoms with Crippen LogP contribution in [-0.2, 0) is 9.53 Å². The average Bonchev–Trinajstić information content (AvgIpc) is 3.20. The summed E-state index contributed by atoms with van der Waals surface area (Å²) in [4.78, 5) is 26.9. The molecule has 1 amide bonds. The van der Waals surface area contributed by atoms with Crippen LogP contribution in [0.25, 0.3) is 0 Å². The van der Waals surface area contributed by atoms with Crippen molar-refractivity contribution in [1.82, 2.24) is 4.90 Å². The van der Waals surface area contributed by atoms with E-state index in [0.717, 1.165) is 17.7 Å². The Balaban J connectivity index is 2.07. The summed E-state index contributed by atoms with van der Waals surface area (Å²) in [6.07, 6.45) is 1.85. The summed E-state index contributed by atoms with van der Waals surface area (Å²) in [6.45, 7) is 1.84. The monoisotopic (exact) mass is 307 g/mol. The van der Waals surface area contributed by atoms with Gasteiger partial charge in [-0.05, 0) is 31.9 Å². The molecule has 0 spiro atoms. The molecule has 0 atom stereocenters. The van der Waals surface area contributed by atoms with Gasteiger partial charge < -0.3 is 14.7 Å². The summed E-state index contributed by atoms with van der Waals surface area (Å²) in [5.74, 6) is 4.78. The Morgan fingerprint density at radius 3 is 2.86 bits per heavy atom. The van der Waals surface area contributed by atoms with Crippen molar-refractivity contribution in [3.05, 3.63) is 21.9 Å². The fourth-order valence-corrected chi connectivity index (χ4v) is 2.72. The third-order valence-corrected chi connectivity index (χ3v) is 3.95. The fraction of sp³-hybridized carbons (Fsp3) is 0.467. The summed E-state index contributed by atoms with van der Waals surface area (Å²) in [7, 11) is 0. The third kappa shape index (κ3) is 4.31. The molecule has 5 nitrogen and oxygen atoms in total. The van der Waals surface area contributed by atoms with Crippen molar-refractivity contribution in [3.8, 4) is 11.8 Å². The second-order valence-corrected chi connectivity index (χ2v) is 5.68. The van der Waals surface area contributed by atoms with Crippen LogP contribution in [0.1, 0.15) is 34.3 Å². The molecule has 6 heteroatoms. The SMILES string of the molecule is CCOC(=O)CN(C(=O)c1ccc(C#CCO)s1)C1CC1. The first-order valence-corrected chi connectivity index (χ1v) is 7.63. The minimum absolute atomic E-state index is 0.00705. The second-order valence-electron chi connectivity index (χ2n) is 4.59. The van der Waals surface area contributed by atoms with E-state index in [1.807, 2.05) is 0 Å². The van der Waals surface area contributed by atoms with Gasteiger partial charge in [0.25, 0.3) is 5.91 Å². The summed E-state index contributed by atoms with van der Waals surface area (Å²) >= 11 is 1.27. The molecule has 0 bridgehead atoms. The standard InChI is InChI=1S/C15H17NO4S/c1-2-20-14(18)10-16(11-5-6-11)15(19)13-8-7-12(21-13)4-3-9-17/h7-8,11,17H,2,5-6,9-10H2,1H3. The highest BCUT2D eigenvalue weighted by atomic mass is 32.1. The van der Waals surface area contributed by atoms with Gasteiger partial charge in [-0.15, -0.1) is 11.3 Å². The predicted octanol–water partition coefficient (Wildman–Crippen LogP) is 1.26. The number of ether oxygens (including phenoxy) is 1. The molecule has 112 valence electrons. The Labute approximate surface area is 127 Å². The number of carbonyl (C=O) groups excluding carboxylic acids is 2. The molecule has 0 radical (unpaired) electrons. The minimum atomic E-state index is -0.380. The van der Waals surface area contributed by atoms with Gasteiger partial charge in [0.05, 0.1) is 16.4 Å². The summed E-state index contributed by atoms with van der Waals surface area (Å²) in [6, 6.07) is 3.58. The van der Waals surface area contributed by atoms with Crippen LogP contribution in [0.3, 0.4) is 0 Å². The average molecular weight is 307 g/mol. The van der Waals surface area contributed by atoms with E-state index in [1.54, 1.807) is 24.0 Å². The number of hydrogen-bond acceptors (Lipinski definition) is 5. The smallest absolute Gasteiger partial charge is 0.325 e. The lowest BCUT2D eigenvalue weighted by atomic mass is 10.3. The molecule has 1 aliphatic carbocycles. The van der Waals surface area contributed by atoms with Gasteiger partial charge in [0.1, 0.15) is 13.2 Å². The number of amides is 1. The van der Waals surface area contributed by atoms with Gasteiger partial charge in [-0.1, -0.05) is 11.8 Å². The first-order valence-electron chi connectivity index (χ1n) is 6.81. The van der Waals surface area contributed by atoms with Crippen molar-refractivity contribution >= 4 is 23.2 Å². The third-order valence-electron chi connectivity index (χ3n) is 2.96. The Kier molecular flexibility index (Phi) is 5.37. The van der Waals surface area contributed by atoms with Crippen LogP contribution in [0, 0.1) is 11.8 Å². The van der Waals surface area contributed by atoms with Crippen molar-refractivity contribution in [2.45, 2.75) is 25.8 Å². The van der Waals surface area contributed by atoms with Gasteiger partial charge in [-0.3, -0.25) is 9.59 Å². The molecular formula is C15H17NO4S. The quantitative estimate of drug-likeness (QED) is 0.657. The Morgan fingerprint density at radius 1 is 1.48 bits per heavy atom. The highest BCUT2D eigenvalue weighted by molar-refractivity contribution is 7.14. The number of nitrogens with zero attached hydrogens (tertiary/aromatic N) is 1. The van der Waals surface area contributed by atoms with Crippen molar-refractivity contribution in [2.24, 2.45) is 0 Å². The molecule has 0 aliphatic heterocycles. The van der Waals surface area contributed by atoms with E-state index in [-0.39, 0.29) is 31.1 Å². The molecule has 1 saturated carbocycles. The van der Waals surface area contributed by atoms with Crippen LogP contribution >= 0.6 is 11.3 Å². The molecule has 1 N–H and O–H groups in total. The van der Waals surface area contributed by atoms with Gasteiger partial charge in [-0.2, -0.15) is 0 Å². The predicted molar refractivity (Wildman–Crippen MR) is 79.0 cm³/mol. The Hall–Kier alpha value is -1.84. The highest BCUT2D eigenvalue weighted by Crippen LogP contribution is 2.29. The van der Waals surface area contributed by atoms with Gasteiger partial charge in [-0.25, -0.2) is 0 Å². The number of aliphatic hydroxyl groups excluding tert-OH is 1. The summed E-state index contributed by atoms with van der Waals surface area (Å²) < 4.78 is 4.92. The van der Waals surface area contributed by atoms with E-state index in [9.17, 15) is 9.59 Å². The lowest BCUT2D eigenvalue weighted by molar-refractivity contribution is -0.143. The maximum Gasteiger partial charge on any atom is 0.325 e. The number of hydrogen-bond donors (Lipinski definition) is 1. The summed E-state index contributed by atoms with van der Waals surface area (Å²) in [5, 5.41) is 8.67. The van der Waals surface area contributed by atoms with Crippen LogP contribution in [0.5, 0.6) is 0 Å². The van der Waals surface area contributed by atoms with Crippen LogP contribution in [0.2, 0.25) is 0 Å². The molecule has 1 aliphatic rings. The molecule has 0 aromatic carbocycles. The van der Waals surface area contributed by atoms with Crippen LogP contribution in [0.15, 0.2) is 12.1 Å². The van der Waals surface area contributed by atoms with Gasteiger partial charge in [0.2, 0.25) is 0 Å². The van der Waals surface area contributed by atoms with Crippen molar-refractivity contribution in [2.75, 3.05) is 19.8 Å². The van der Waals surface area contributed by atoms with Crippen molar-refractivity contribution < 1.29 is 19.4 Å². The number of esters is 1.